The van der Waals surface area contributed by atoms with Gasteiger partial charge in [0.1, 0.15) is 6.61 Å². The first kappa shape index (κ1) is 9.52. The summed E-state index contributed by atoms with van der Waals surface area (Å²) in [5, 5.41) is 9.42. The molecule has 1 heterocycles. The Bertz CT molecular complexity index is 429. The van der Waals surface area contributed by atoms with Gasteiger partial charge in [-0.2, -0.15) is 0 Å². The van der Waals surface area contributed by atoms with E-state index in [1.165, 1.54) is 6.07 Å². The largest absolute Gasteiger partial charge is 0.504 e. The summed E-state index contributed by atoms with van der Waals surface area (Å²) in [6.45, 7) is 0.340. The molecule has 0 atom stereocenters. The lowest BCUT2D eigenvalue weighted by Crippen LogP contribution is -1.97. The molecule has 0 aliphatic rings. The second kappa shape index (κ2) is 4.46. The van der Waals surface area contributed by atoms with Crippen LogP contribution in [0.3, 0.4) is 0 Å². The molecule has 1 aromatic carbocycles. The maximum Gasteiger partial charge on any atom is 0.162 e. The molecule has 75 valence electrons. The zero-order chi connectivity index (χ0) is 10.5. The number of hydrogen-bond acceptors (Lipinski definition) is 3. The highest BCUT2D eigenvalue weighted by molar-refractivity contribution is 5.37. The SMILES string of the molecule is Oc1cc[c]cc1OCc1ccccn1. The van der Waals surface area contributed by atoms with Crippen LogP contribution in [0.2, 0.25) is 0 Å². The van der Waals surface area contributed by atoms with Gasteiger partial charge >= 0.3 is 0 Å². The van der Waals surface area contributed by atoms with Gasteiger partial charge in [0.2, 0.25) is 0 Å². The predicted octanol–water partition coefficient (Wildman–Crippen LogP) is 2.17. The Morgan fingerprint density at radius 3 is 3.00 bits per heavy atom. The average molecular weight is 200 g/mol. The first-order chi connectivity index (χ1) is 7.36. The van der Waals surface area contributed by atoms with Crippen molar-refractivity contribution in [2.45, 2.75) is 6.61 Å². The van der Waals surface area contributed by atoms with Crippen LogP contribution in [0, 0.1) is 6.07 Å². The molecule has 0 bridgehead atoms. The van der Waals surface area contributed by atoms with Crippen molar-refractivity contribution in [2.75, 3.05) is 0 Å². The summed E-state index contributed by atoms with van der Waals surface area (Å²) in [7, 11) is 0. The Morgan fingerprint density at radius 2 is 2.27 bits per heavy atom. The van der Waals surface area contributed by atoms with Crippen molar-refractivity contribution in [1.29, 1.82) is 0 Å². The fraction of sp³-hybridized carbons (Fsp3) is 0.0833. The van der Waals surface area contributed by atoms with Crippen LogP contribution in [0.5, 0.6) is 11.5 Å². The number of aromatic nitrogens is 1. The van der Waals surface area contributed by atoms with Gasteiger partial charge in [-0.1, -0.05) is 12.1 Å². The molecule has 0 saturated carbocycles. The lowest BCUT2D eigenvalue weighted by molar-refractivity contribution is 0.285. The second-order valence-electron chi connectivity index (χ2n) is 3.00. The number of pyridine rings is 1. The van der Waals surface area contributed by atoms with Gasteiger partial charge in [0, 0.05) is 6.20 Å². The van der Waals surface area contributed by atoms with Gasteiger partial charge in [-0.3, -0.25) is 4.98 Å². The Labute approximate surface area is 88.0 Å². The summed E-state index contributed by atoms with van der Waals surface area (Å²) in [5.74, 6) is 0.535. The number of phenolic OH excluding ortho intramolecular Hbond substituents is 1. The number of nitrogens with zero attached hydrogens (tertiary/aromatic N) is 1. The van der Waals surface area contributed by atoms with E-state index in [2.05, 4.69) is 11.1 Å². The van der Waals surface area contributed by atoms with Crippen LogP contribution in [-0.2, 0) is 6.61 Å². The molecule has 0 aliphatic carbocycles. The van der Waals surface area contributed by atoms with Crippen molar-refractivity contribution in [2.24, 2.45) is 0 Å². The van der Waals surface area contributed by atoms with Crippen LogP contribution < -0.4 is 4.74 Å². The zero-order valence-electron chi connectivity index (χ0n) is 8.05. The van der Waals surface area contributed by atoms with Crippen LogP contribution >= 0.6 is 0 Å². The van der Waals surface area contributed by atoms with E-state index < -0.39 is 0 Å². The van der Waals surface area contributed by atoms with Gasteiger partial charge in [-0.25, -0.2) is 0 Å². The van der Waals surface area contributed by atoms with Gasteiger partial charge in [0.05, 0.1) is 5.69 Å². The Hall–Kier alpha value is -2.03. The molecular formula is C12H10NO2. The Balaban J connectivity index is 2.03. The fourth-order valence-corrected chi connectivity index (χ4v) is 1.16. The first-order valence-electron chi connectivity index (χ1n) is 4.58. The van der Waals surface area contributed by atoms with Gasteiger partial charge in [0.15, 0.2) is 11.5 Å². The van der Waals surface area contributed by atoms with E-state index in [1.54, 1.807) is 18.3 Å². The van der Waals surface area contributed by atoms with E-state index >= 15 is 0 Å². The quantitative estimate of drug-likeness (QED) is 0.825. The van der Waals surface area contributed by atoms with Gasteiger partial charge < -0.3 is 9.84 Å². The van der Waals surface area contributed by atoms with Crippen LogP contribution in [0.1, 0.15) is 5.69 Å². The minimum absolute atomic E-state index is 0.115. The Kier molecular flexibility index (Phi) is 2.83. The topological polar surface area (TPSA) is 42.4 Å². The minimum atomic E-state index is 0.115. The van der Waals surface area contributed by atoms with Crippen molar-refractivity contribution < 1.29 is 9.84 Å². The van der Waals surface area contributed by atoms with E-state index in [0.717, 1.165) is 5.69 Å². The summed E-state index contributed by atoms with van der Waals surface area (Å²) in [4.78, 5) is 4.11. The summed E-state index contributed by atoms with van der Waals surface area (Å²) >= 11 is 0. The molecule has 2 aromatic rings. The third kappa shape index (κ3) is 2.47. The normalized spacial score (nSPS) is 9.87. The molecule has 0 spiro atoms. The Morgan fingerprint density at radius 1 is 1.33 bits per heavy atom. The van der Waals surface area contributed by atoms with Gasteiger partial charge in [-0.15, -0.1) is 0 Å². The van der Waals surface area contributed by atoms with Gasteiger partial charge in [0.25, 0.3) is 0 Å². The predicted molar refractivity (Wildman–Crippen MR) is 55.5 cm³/mol. The smallest absolute Gasteiger partial charge is 0.162 e. The number of ether oxygens (including phenoxy) is 1. The molecule has 0 saturated heterocycles. The molecule has 0 aliphatic heterocycles. The molecule has 3 nitrogen and oxygen atoms in total. The maximum atomic E-state index is 9.42. The molecule has 1 N–H and O–H groups in total. The van der Waals surface area contributed by atoms with Crippen molar-refractivity contribution in [3.8, 4) is 11.5 Å². The molecule has 0 unspecified atom stereocenters. The first-order valence-corrected chi connectivity index (χ1v) is 4.58. The van der Waals surface area contributed by atoms with E-state index in [4.69, 9.17) is 4.74 Å². The third-order valence-electron chi connectivity index (χ3n) is 1.91. The van der Waals surface area contributed by atoms with Crippen molar-refractivity contribution in [3.63, 3.8) is 0 Å². The van der Waals surface area contributed by atoms with Crippen molar-refractivity contribution in [3.05, 3.63) is 54.4 Å². The fourth-order valence-electron chi connectivity index (χ4n) is 1.16. The summed E-state index contributed by atoms with van der Waals surface area (Å²) in [5.41, 5.74) is 0.820. The van der Waals surface area contributed by atoms with Crippen molar-refractivity contribution >= 4 is 0 Å². The zero-order valence-corrected chi connectivity index (χ0v) is 8.05. The van der Waals surface area contributed by atoms with E-state index in [0.29, 0.717) is 12.4 Å². The molecule has 2 rings (SSSR count). The lowest BCUT2D eigenvalue weighted by Gasteiger charge is -2.06. The van der Waals surface area contributed by atoms with Gasteiger partial charge in [-0.05, 0) is 30.3 Å². The molecule has 1 radical (unpaired) electrons. The number of aromatic hydroxyl groups is 1. The molecule has 0 fully saturated rings. The van der Waals surface area contributed by atoms with Crippen LogP contribution in [0.25, 0.3) is 0 Å². The monoisotopic (exact) mass is 200 g/mol. The standard InChI is InChI=1S/C12H10NO2/c14-11-6-1-2-7-12(11)15-9-10-5-3-4-8-13-10/h1,3-8,14H,9H2. The second-order valence-corrected chi connectivity index (χ2v) is 3.00. The van der Waals surface area contributed by atoms with Crippen LogP contribution in [0.4, 0.5) is 0 Å². The van der Waals surface area contributed by atoms with E-state index in [9.17, 15) is 5.11 Å². The molecule has 15 heavy (non-hydrogen) atoms. The highest BCUT2D eigenvalue weighted by Gasteiger charge is 2.00. The number of rotatable bonds is 3. The summed E-state index contributed by atoms with van der Waals surface area (Å²) in [6.07, 6.45) is 1.70. The van der Waals surface area contributed by atoms with E-state index in [-0.39, 0.29) is 5.75 Å². The molecule has 1 aromatic heterocycles. The molecule has 3 heteroatoms. The third-order valence-corrected chi connectivity index (χ3v) is 1.91. The summed E-state index contributed by atoms with van der Waals surface area (Å²) in [6, 6.07) is 13.2. The highest BCUT2D eigenvalue weighted by Crippen LogP contribution is 2.24. The molecule has 0 amide bonds. The number of benzene rings is 1. The lowest BCUT2D eigenvalue weighted by atomic mass is 10.3. The van der Waals surface area contributed by atoms with Crippen LogP contribution in [-0.4, -0.2) is 10.1 Å². The number of hydrogen-bond donors (Lipinski definition) is 1. The maximum absolute atomic E-state index is 9.42. The minimum Gasteiger partial charge on any atom is -0.504 e. The highest BCUT2D eigenvalue weighted by atomic mass is 16.5. The van der Waals surface area contributed by atoms with Crippen LogP contribution in [0.15, 0.2) is 42.6 Å². The van der Waals surface area contributed by atoms with Crippen molar-refractivity contribution in [1.82, 2.24) is 4.98 Å². The number of phenols is 1. The summed E-state index contributed by atoms with van der Waals surface area (Å²) < 4.78 is 5.38. The average Bonchev–Trinajstić information content (AvgIpc) is 2.29. The van der Waals surface area contributed by atoms with E-state index in [1.807, 2.05) is 18.2 Å². The molecular weight excluding hydrogens is 190 g/mol.